The number of thioether (sulfide) groups is 1. The molecule has 2 aliphatic rings. The van der Waals surface area contributed by atoms with Gasteiger partial charge in [0.25, 0.3) is 0 Å². The number of ether oxygens (including phenoxy) is 1. The summed E-state index contributed by atoms with van der Waals surface area (Å²) in [6, 6.07) is -0.987. The molecule has 0 aromatic rings. The predicted molar refractivity (Wildman–Crippen MR) is 119 cm³/mol. The smallest absolute Gasteiger partial charge is 0.237 e. The van der Waals surface area contributed by atoms with E-state index < -0.39 is 41.3 Å². The molecule has 0 spiro atoms. The van der Waals surface area contributed by atoms with Gasteiger partial charge in [0, 0.05) is 0 Å². The van der Waals surface area contributed by atoms with E-state index >= 15 is 0 Å². The summed E-state index contributed by atoms with van der Waals surface area (Å²) >= 11 is 7.54. The Kier molecular flexibility index (Phi) is 12.1. The molecule has 2 heterocycles. The summed E-state index contributed by atoms with van der Waals surface area (Å²) in [6.45, 7) is 4.71. The average Bonchev–Trinajstić information content (AvgIpc) is 3.14. The van der Waals surface area contributed by atoms with Crippen LogP contribution in [0.15, 0.2) is 0 Å². The van der Waals surface area contributed by atoms with Gasteiger partial charge in [0.05, 0.1) is 17.5 Å². The van der Waals surface area contributed by atoms with Crippen molar-refractivity contribution in [2.75, 3.05) is 12.8 Å². The maximum atomic E-state index is 12.8. The lowest BCUT2D eigenvalue weighted by Gasteiger charge is -2.44. The Balaban J connectivity index is 0.00000420. The third-order valence-electron chi connectivity index (χ3n) is 5.75. The molecule has 10 heteroatoms. The van der Waals surface area contributed by atoms with Gasteiger partial charge in [-0.05, 0) is 38.5 Å². The van der Waals surface area contributed by atoms with Crippen LogP contribution in [0, 0.1) is 5.92 Å². The van der Waals surface area contributed by atoms with E-state index in [1.165, 1.54) is 31.0 Å². The van der Waals surface area contributed by atoms with Crippen LogP contribution in [-0.2, 0) is 9.53 Å². The van der Waals surface area contributed by atoms with Gasteiger partial charge in [-0.15, -0.1) is 35.8 Å². The molecule has 29 heavy (non-hydrogen) atoms. The van der Waals surface area contributed by atoms with Gasteiger partial charge in [-0.25, -0.2) is 0 Å². The van der Waals surface area contributed by atoms with E-state index in [2.05, 4.69) is 17.6 Å². The first-order valence-electron chi connectivity index (χ1n) is 10.2. The van der Waals surface area contributed by atoms with Gasteiger partial charge in [-0.2, -0.15) is 0 Å². The normalized spacial score (nSPS) is 36.9. The second-order valence-corrected chi connectivity index (χ2v) is 9.57. The summed E-state index contributed by atoms with van der Waals surface area (Å²) in [5.41, 5.74) is -0.703. The number of rotatable bonds is 9. The molecular weight excluding hydrogens is 439 g/mol. The summed E-state index contributed by atoms with van der Waals surface area (Å²) in [6.07, 6.45) is 2.39. The Labute approximate surface area is 189 Å². The van der Waals surface area contributed by atoms with Crippen LogP contribution in [0.4, 0.5) is 0 Å². The number of aliphatic hydroxyl groups excluding tert-OH is 3. The molecule has 2 aliphatic heterocycles. The number of nitrogens with one attached hydrogen (secondary N) is 2. The number of carbonyl (C=O) groups is 1. The van der Waals surface area contributed by atoms with Gasteiger partial charge in [-0.3, -0.25) is 4.79 Å². The van der Waals surface area contributed by atoms with Gasteiger partial charge in [-0.1, -0.05) is 26.2 Å². The fourth-order valence-corrected chi connectivity index (χ4v) is 4.89. The van der Waals surface area contributed by atoms with Crippen molar-refractivity contribution in [2.24, 2.45) is 5.92 Å². The molecule has 0 radical (unpaired) electrons. The fraction of sp³-hybridized carbons (Fsp3) is 0.947. The number of aliphatic hydroxyl groups is 3. The SMILES string of the molecule is CCCCC[C@H]1CN[C@H](C(=O)N[C@@H]([C@H]2O[C@H](SC)[C@H](O)[C@@H](O)[C@H]2O)[C@H](C)Cl)C1.Cl. The number of amides is 1. The van der Waals surface area contributed by atoms with E-state index in [0.29, 0.717) is 5.92 Å². The monoisotopic (exact) mass is 474 g/mol. The molecule has 0 bridgehead atoms. The topological polar surface area (TPSA) is 111 Å². The van der Waals surface area contributed by atoms with E-state index in [1.807, 2.05) is 0 Å². The van der Waals surface area contributed by atoms with Crippen LogP contribution in [0.1, 0.15) is 46.0 Å². The molecule has 9 atom stereocenters. The molecule has 2 saturated heterocycles. The first kappa shape index (κ1) is 27.2. The van der Waals surface area contributed by atoms with Crippen LogP contribution in [0.5, 0.6) is 0 Å². The van der Waals surface area contributed by atoms with Crippen molar-refractivity contribution in [1.29, 1.82) is 0 Å². The van der Waals surface area contributed by atoms with Crippen LogP contribution in [0.25, 0.3) is 0 Å². The van der Waals surface area contributed by atoms with E-state index in [0.717, 1.165) is 19.4 Å². The standard InChI is InChI=1S/C19H35ClN2O5S.ClH/c1-4-5-6-7-11-8-12(21-9-11)18(26)22-13(10(2)20)17-15(24)14(23)16(25)19(27-17)28-3;/h10-17,19,21,23-25H,4-9H2,1-3H3,(H,22,26);1H/t10-,11+,12-,13+,14-,15+,16+,17+,19+;/m0./s1. The molecular formula is C19H36Cl2N2O5S. The molecule has 2 rings (SSSR count). The van der Waals surface area contributed by atoms with Crippen molar-refractivity contribution in [2.45, 2.75) is 93.3 Å². The zero-order valence-electron chi connectivity index (χ0n) is 17.3. The Morgan fingerprint density at radius 1 is 1.28 bits per heavy atom. The Morgan fingerprint density at radius 2 is 1.97 bits per heavy atom. The lowest BCUT2D eigenvalue weighted by Crippen LogP contribution is -2.65. The molecule has 0 saturated carbocycles. The molecule has 0 unspecified atom stereocenters. The third-order valence-corrected chi connectivity index (χ3v) is 6.88. The minimum absolute atomic E-state index is 0. The lowest BCUT2D eigenvalue weighted by molar-refractivity contribution is -0.205. The summed E-state index contributed by atoms with van der Waals surface area (Å²) in [5, 5.41) is 36.3. The van der Waals surface area contributed by atoms with Crippen molar-refractivity contribution >= 4 is 41.7 Å². The Bertz CT molecular complexity index is 503. The van der Waals surface area contributed by atoms with E-state index in [-0.39, 0.29) is 24.4 Å². The lowest BCUT2D eigenvalue weighted by atomic mass is 9.92. The highest BCUT2D eigenvalue weighted by Gasteiger charge is 2.48. The molecule has 7 nitrogen and oxygen atoms in total. The molecule has 2 fully saturated rings. The van der Waals surface area contributed by atoms with Gasteiger partial charge in [0.15, 0.2) is 0 Å². The number of carbonyl (C=O) groups excluding carboxylic acids is 1. The molecule has 5 N–H and O–H groups in total. The second kappa shape index (κ2) is 12.9. The second-order valence-electron chi connectivity index (χ2n) is 7.95. The highest BCUT2D eigenvalue weighted by atomic mass is 35.5. The highest BCUT2D eigenvalue weighted by Crippen LogP contribution is 2.30. The van der Waals surface area contributed by atoms with Crippen molar-refractivity contribution < 1.29 is 24.9 Å². The maximum Gasteiger partial charge on any atom is 0.237 e. The molecule has 0 aromatic carbocycles. The van der Waals surface area contributed by atoms with Crippen LogP contribution >= 0.6 is 35.8 Å². The average molecular weight is 475 g/mol. The van der Waals surface area contributed by atoms with E-state index in [4.69, 9.17) is 16.3 Å². The first-order valence-corrected chi connectivity index (χ1v) is 11.9. The summed E-state index contributed by atoms with van der Waals surface area (Å²) < 4.78 is 5.79. The van der Waals surface area contributed by atoms with E-state index in [9.17, 15) is 20.1 Å². The van der Waals surface area contributed by atoms with Crippen LogP contribution < -0.4 is 10.6 Å². The predicted octanol–water partition coefficient (Wildman–Crippen LogP) is 1.25. The third kappa shape index (κ3) is 7.10. The molecule has 0 aliphatic carbocycles. The van der Waals surface area contributed by atoms with Crippen molar-refractivity contribution in [3.05, 3.63) is 0 Å². The zero-order valence-corrected chi connectivity index (χ0v) is 19.7. The number of unbranched alkanes of at least 4 members (excludes halogenated alkanes) is 2. The van der Waals surface area contributed by atoms with Gasteiger partial charge < -0.3 is 30.7 Å². The number of alkyl halides is 1. The van der Waals surface area contributed by atoms with Crippen molar-refractivity contribution in [3.63, 3.8) is 0 Å². The number of halogens is 2. The minimum Gasteiger partial charge on any atom is -0.388 e. The molecule has 172 valence electrons. The first-order chi connectivity index (χ1) is 13.3. The largest absolute Gasteiger partial charge is 0.388 e. The van der Waals surface area contributed by atoms with Crippen LogP contribution in [-0.4, -0.2) is 81.3 Å². The quantitative estimate of drug-likeness (QED) is 0.252. The molecule has 1 amide bonds. The number of hydrogen-bond donors (Lipinski definition) is 5. The van der Waals surface area contributed by atoms with Gasteiger partial charge >= 0.3 is 0 Å². The minimum atomic E-state index is -1.36. The van der Waals surface area contributed by atoms with Gasteiger partial charge in [0.2, 0.25) is 5.91 Å². The Morgan fingerprint density at radius 3 is 2.55 bits per heavy atom. The van der Waals surface area contributed by atoms with Crippen molar-refractivity contribution in [1.82, 2.24) is 10.6 Å². The van der Waals surface area contributed by atoms with Gasteiger partial charge in [0.1, 0.15) is 29.9 Å². The van der Waals surface area contributed by atoms with Crippen LogP contribution in [0.2, 0.25) is 0 Å². The number of hydrogen-bond acceptors (Lipinski definition) is 7. The highest BCUT2D eigenvalue weighted by molar-refractivity contribution is 7.99. The molecule has 0 aromatic heterocycles. The Hall–Kier alpha value is 0.200. The van der Waals surface area contributed by atoms with E-state index in [1.54, 1.807) is 13.2 Å². The summed E-state index contributed by atoms with van der Waals surface area (Å²) in [7, 11) is 0. The van der Waals surface area contributed by atoms with Crippen LogP contribution in [0.3, 0.4) is 0 Å². The maximum absolute atomic E-state index is 12.8. The summed E-state index contributed by atoms with van der Waals surface area (Å²) in [5.74, 6) is 0.316. The summed E-state index contributed by atoms with van der Waals surface area (Å²) in [4.78, 5) is 12.8. The zero-order chi connectivity index (χ0) is 20.8. The van der Waals surface area contributed by atoms with Crippen molar-refractivity contribution in [3.8, 4) is 0 Å². The fourth-order valence-electron chi connectivity index (χ4n) is 4.00.